The molecule has 0 amide bonds. The Morgan fingerprint density at radius 1 is 1.20 bits per heavy atom. The second-order valence-electron chi connectivity index (χ2n) is 3.70. The SMILES string of the molecule is Oc1ccc(O)c(CN2CCOCC2)c1. The Morgan fingerprint density at radius 3 is 2.67 bits per heavy atom. The second kappa shape index (κ2) is 4.51. The van der Waals surface area contributed by atoms with Gasteiger partial charge in [0.2, 0.25) is 0 Å². The van der Waals surface area contributed by atoms with E-state index in [1.807, 2.05) is 0 Å². The van der Waals surface area contributed by atoms with Gasteiger partial charge in [-0.25, -0.2) is 0 Å². The fraction of sp³-hybridized carbons (Fsp3) is 0.455. The van der Waals surface area contributed by atoms with E-state index in [4.69, 9.17) is 4.74 Å². The molecule has 2 rings (SSSR count). The molecule has 1 aromatic carbocycles. The van der Waals surface area contributed by atoms with E-state index in [0.29, 0.717) is 6.54 Å². The van der Waals surface area contributed by atoms with Gasteiger partial charge in [-0.15, -0.1) is 0 Å². The molecule has 0 radical (unpaired) electrons. The first-order valence-electron chi connectivity index (χ1n) is 5.06. The molecule has 2 N–H and O–H groups in total. The Labute approximate surface area is 88.7 Å². The molecule has 1 aliphatic heterocycles. The van der Waals surface area contributed by atoms with E-state index in [-0.39, 0.29) is 11.5 Å². The van der Waals surface area contributed by atoms with Crippen LogP contribution in [0.15, 0.2) is 18.2 Å². The van der Waals surface area contributed by atoms with Crippen LogP contribution in [0.4, 0.5) is 0 Å². The largest absolute Gasteiger partial charge is 0.508 e. The maximum atomic E-state index is 9.60. The highest BCUT2D eigenvalue weighted by atomic mass is 16.5. The summed E-state index contributed by atoms with van der Waals surface area (Å²) in [6.45, 7) is 3.87. The fourth-order valence-corrected chi connectivity index (χ4v) is 1.70. The van der Waals surface area contributed by atoms with Crippen molar-refractivity contribution >= 4 is 0 Å². The highest BCUT2D eigenvalue weighted by Gasteiger charge is 2.12. The molecule has 15 heavy (non-hydrogen) atoms. The van der Waals surface area contributed by atoms with E-state index in [1.54, 1.807) is 6.07 Å². The van der Waals surface area contributed by atoms with Gasteiger partial charge in [-0.2, -0.15) is 0 Å². The lowest BCUT2D eigenvalue weighted by Crippen LogP contribution is -2.35. The zero-order valence-electron chi connectivity index (χ0n) is 8.52. The third-order valence-electron chi connectivity index (χ3n) is 2.56. The van der Waals surface area contributed by atoms with Crippen LogP contribution < -0.4 is 0 Å². The summed E-state index contributed by atoms with van der Waals surface area (Å²) in [6.07, 6.45) is 0. The summed E-state index contributed by atoms with van der Waals surface area (Å²) >= 11 is 0. The summed E-state index contributed by atoms with van der Waals surface area (Å²) in [5, 5.41) is 18.9. The third-order valence-corrected chi connectivity index (χ3v) is 2.56. The van der Waals surface area contributed by atoms with Gasteiger partial charge >= 0.3 is 0 Å². The Balaban J connectivity index is 2.05. The number of ether oxygens (including phenoxy) is 1. The van der Waals surface area contributed by atoms with E-state index in [2.05, 4.69) is 4.90 Å². The van der Waals surface area contributed by atoms with Crippen LogP contribution in [0.1, 0.15) is 5.56 Å². The summed E-state index contributed by atoms with van der Waals surface area (Å²) < 4.78 is 5.24. The lowest BCUT2D eigenvalue weighted by atomic mass is 10.1. The maximum absolute atomic E-state index is 9.60. The minimum absolute atomic E-state index is 0.191. The molecular formula is C11H15NO3. The normalized spacial score (nSPS) is 17.9. The Bertz CT molecular complexity index is 335. The quantitative estimate of drug-likeness (QED) is 0.711. The molecule has 4 heteroatoms. The van der Waals surface area contributed by atoms with E-state index >= 15 is 0 Å². The molecule has 1 saturated heterocycles. The van der Waals surface area contributed by atoms with E-state index in [1.165, 1.54) is 12.1 Å². The van der Waals surface area contributed by atoms with Crippen molar-refractivity contribution < 1.29 is 14.9 Å². The predicted molar refractivity (Wildman–Crippen MR) is 55.9 cm³/mol. The third kappa shape index (κ3) is 2.61. The van der Waals surface area contributed by atoms with Gasteiger partial charge in [-0.05, 0) is 18.2 Å². The molecule has 1 fully saturated rings. The van der Waals surface area contributed by atoms with Crippen LogP contribution in [-0.4, -0.2) is 41.4 Å². The summed E-state index contributed by atoms with van der Waals surface area (Å²) in [6, 6.07) is 4.61. The van der Waals surface area contributed by atoms with Crippen LogP contribution in [0.3, 0.4) is 0 Å². The number of aromatic hydroxyl groups is 2. The first kappa shape index (κ1) is 10.3. The smallest absolute Gasteiger partial charge is 0.120 e. The molecule has 1 aliphatic rings. The van der Waals surface area contributed by atoms with Crippen LogP contribution in [0.2, 0.25) is 0 Å². The van der Waals surface area contributed by atoms with Crippen LogP contribution in [0.25, 0.3) is 0 Å². The molecule has 1 heterocycles. The number of benzene rings is 1. The van der Waals surface area contributed by atoms with Gasteiger partial charge in [-0.1, -0.05) is 0 Å². The van der Waals surface area contributed by atoms with Crippen molar-refractivity contribution in [1.29, 1.82) is 0 Å². The van der Waals surface area contributed by atoms with Crippen LogP contribution in [0, 0.1) is 0 Å². The molecule has 0 spiro atoms. The number of morpholine rings is 1. The molecule has 0 saturated carbocycles. The van der Waals surface area contributed by atoms with E-state index in [0.717, 1.165) is 31.9 Å². The fourth-order valence-electron chi connectivity index (χ4n) is 1.70. The topological polar surface area (TPSA) is 52.9 Å². The number of rotatable bonds is 2. The van der Waals surface area contributed by atoms with Crippen molar-refractivity contribution in [3.63, 3.8) is 0 Å². The minimum atomic E-state index is 0.191. The van der Waals surface area contributed by atoms with Gasteiger partial charge in [0, 0.05) is 25.2 Å². The highest BCUT2D eigenvalue weighted by molar-refractivity contribution is 5.38. The monoisotopic (exact) mass is 209 g/mol. The molecule has 1 aromatic rings. The predicted octanol–water partition coefficient (Wildman–Crippen LogP) is 0.930. The molecule has 4 nitrogen and oxygen atoms in total. The van der Waals surface area contributed by atoms with Crippen molar-refractivity contribution in [3.8, 4) is 11.5 Å². The van der Waals surface area contributed by atoms with Gasteiger partial charge in [0.1, 0.15) is 11.5 Å². The Morgan fingerprint density at radius 2 is 1.93 bits per heavy atom. The van der Waals surface area contributed by atoms with Crippen LogP contribution in [0.5, 0.6) is 11.5 Å². The average Bonchev–Trinajstić information content (AvgIpc) is 2.25. The molecule has 0 aliphatic carbocycles. The van der Waals surface area contributed by atoms with Crippen molar-refractivity contribution in [3.05, 3.63) is 23.8 Å². The molecule has 0 bridgehead atoms. The van der Waals surface area contributed by atoms with Gasteiger partial charge in [-0.3, -0.25) is 4.90 Å². The summed E-state index contributed by atoms with van der Waals surface area (Å²) in [5.41, 5.74) is 0.761. The van der Waals surface area contributed by atoms with Crippen LogP contribution >= 0.6 is 0 Å². The Hall–Kier alpha value is -1.26. The van der Waals surface area contributed by atoms with Gasteiger partial charge in [0.05, 0.1) is 13.2 Å². The molecule has 0 unspecified atom stereocenters. The van der Waals surface area contributed by atoms with E-state index < -0.39 is 0 Å². The zero-order valence-corrected chi connectivity index (χ0v) is 8.52. The minimum Gasteiger partial charge on any atom is -0.508 e. The Kier molecular flexibility index (Phi) is 3.08. The van der Waals surface area contributed by atoms with Crippen molar-refractivity contribution in [1.82, 2.24) is 4.90 Å². The number of hydrogen-bond donors (Lipinski definition) is 2. The van der Waals surface area contributed by atoms with Gasteiger partial charge in [0.15, 0.2) is 0 Å². The first-order valence-corrected chi connectivity index (χ1v) is 5.06. The lowest BCUT2D eigenvalue weighted by molar-refractivity contribution is 0.0338. The summed E-state index contributed by atoms with van der Waals surface area (Å²) in [5.74, 6) is 0.426. The molecule has 0 atom stereocenters. The average molecular weight is 209 g/mol. The van der Waals surface area contributed by atoms with E-state index in [9.17, 15) is 10.2 Å². The highest BCUT2D eigenvalue weighted by Crippen LogP contribution is 2.23. The van der Waals surface area contributed by atoms with Crippen molar-refractivity contribution in [2.45, 2.75) is 6.54 Å². The first-order chi connectivity index (χ1) is 7.25. The molecular weight excluding hydrogens is 194 g/mol. The summed E-state index contributed by atoms with van der Waals surface area (Å²) in [7, 11) is 0. The summed E-state index contributed by atoms with van der Waals surface area (Å²) in [4.78, 5) is 2.19. The maximum Gasteiger partial charge on any atom is 0.120 e. The standard InChI is InChI=1S/C11H15NO3/c13-10-1-2-11(14)9(7-10)8-12-3-5-15-6-4-12/h1-2,7,13-14H,3-6,8H2. The number of hydrogen-bond acceptors (Lipinski definition) is 4. The lowest BCUT2D eigenvalue weighted by Gasteiger charge is -2.26. The second-order valence-corrected chi connectivity index (χ2v) is 3.70. The zero-order chi connectivity index (χ0) is 10.7. The van der Waals surface area contributed by atoms with Gasteiger partial charge in [0.25, 0.3) is 0 Å². The van der Waals surface area contributed by atoms with Crippen molar-refractivity contribution in [2.75, 3.05) is 26.3 Å². The van der Waals surface area contributed by atoms with Crippen molar-refractivity contribution in [2.24, 2.45) is 0 Å². The van der Waals surface area contributed by atoms with Gasteiger partial charge < -0.3 is 14.9 Å². The molecule has 82 valence electrons. The number of phenolic OH excluding ortho intramolecular Hbond substituents is 2. The van der Waals surface area contributed by atoms with Crippen LogP contribution in [-0.2, 0) is 11.3 Å². The number of nitrogens with zero attached hydrogens (tertiary/aromatic N) is 1. The molecule has 0 aromatic heterocycles. The number of phenols is 2.